The number of carbonyl (C=O) groups is 1. The molecule has 0 saturated carbocycles. The lowest BCUT2D eigenvalue weighted by atomic mass is 10.4. The molecule has 0 bridgehead atoms. The summed E-state index contributed by atoms with van der Waals surface area (Å²) in [7, 11) is 0. The topological polar surface area (TPSA) is 99.4 Å². The van der Waals surface area contributed by atoms with Crippen LogP contribution in [0.2, 0.25) is 0 Å². The molecule has 4 aromatic heterocycles. The molecule has 140 valence electrons. The number of amides is 1. The standard InChI is InChI=1S/C18H20N6O3/c1-12-4-8-22(20-12)7-3-6-19-17(25)11-23-18(26)15-10-16-14(5-9-27-16)24(15)13(2)21-23/h4-5,8-10H,3,6-7,11H2,1-2H3,(H,19,25). The molecule has 9 nitrogen and oxygen atoms in total. The van der Waals surface area contributed by atoms with E-state index in [1.807, 2.05) is 23.9 Å². The third kappa shape index (κ3) is 3.23. The fraction of sp³-hybridized carbons (Fsp3) is 0.333. The van der Waals surface area contributed by atoms with Gasteiger partial charge < -0.3 is 9.73 Å². The van der Waals surface area contributed by atoms with E-state index in [4.69, 9.17) is 4.42 Å². The maximum Gasteiger partial charge on any atom is 0.291 e. The third-order valence-corrected chi connectivity index (χ3v) is 4.42. The Morgan fingerprint density at radius 1 is 1.22 bits per heavy atom. The van der Waals surface area contributed by atoms with Crippen LogP contribution in [0, 0.1) is 13.8 Å². The Balaban J connectivity index is 1.42. The largest absolute Gasteiger partial charge is 0.463 e. The highest BCUT2D eigenvalue weighted by molar-refractivity contribution is 5.82. The van der Waals surface area contributed by atoms with E-state index in [-0.39, 0.29) is 18.0 Å². The quantitative estimate of drug-likeness (QED) is 0.517. The SMILES string of the molecule is Cc1ccn(CCCNC(=O)Cn2nc(C)n3c(cc4occc43)c2=O)n1. The van der Waals surface area contributed by atoms with Gasteiger partial charge in [-0.2, -0.15) is 10.2 Å². The van der Waals surface area contributed by atoms with Crippen LogP contribution in [0.15, 0.2) is 39.9 Å². The molecule has 0 aliphatic rings. The van der Waals surface area contributed by atoms with Crippen molar-refractivity contribution in [2.24, 2.45) is 0 Å². The molecule has 4 heterocycles. The highest BCUT2D eigenvalue weighted by atomic mass is 16.3. The molecular weight excluding hydrogens is 348 g/mol. The van der Waals surface area contributed by atoms with Crippen molar-refractivity contribution < 1.29 is 9.21 Å². The highest BCUT2D eigenvalue weighted by Gasteiger charge is 2.15. The van der Waals surface area contributed by atoms with Gasteiger partial charge in [0.25, 0.3) is 5.56 Å². The number of nitrogens with one attached hydrogen (secondary N) is 1. The van der Waals surface area contributed by atoms with E-state index in [0.29, 0.717) is 23.5 Å². The Bertz CT molecular complexity index is 1180. The summed E-state index contributed by atoms with van der Waals surface area (Å²) >= 11 is 0. The van der Waals surface area contributed by atoms with E-state index in [1.54, 1.807) is 29.7 Å². The van der Waals surface area contributed by atoms with Crippen LogP contribution in [-0.4, -0.2) is 36.4 Å². The summed E-state index contributed by atoms with van der Waals surface area (Å²) in [6.45, 7) is 4.83. The maximum absolute atomic E-state index is 12.6. The average Bonchev–Trinajstić information content (AvgIpc) is 3.32. The van der Waals surface area contributed by atoms with Gasteiger partial charge in [0, 0.05) is 31.4 Å². The number of rotatable bonds is 6. The van der Waals surface area contributed by atoms with Gasteiger partial charge in [0.2, 0.25) is 5.91 Å². The molecule has 27 heavy (non-hydrogen) atoms. The smallest absolute Gasteiger partial charge is 0.291 e. The zero-order valence-corrected chi connectivity index (χ0v) is 15.2. The second-order valence-corrected chi connectivity index (χ2v) is 6.47. The molecule has 0 radical (unpaired) electrons. The number of hydrogen-bond donors (Lipinski definition) is 1. The molecule has 4 rings (SSSR count). The molecule has 0 spiro atoms. The Morgan fingerprint density at radius 2 is 2.07 bits per heavy atom. The molecule has 9 heteroatoms. The van der Waals surface area contributed by atoms with Gasteiger partial charge in [0.1, 0.15) is 17.9 Å². The van der Waals surface area contributed by atoms with Gasteiger partial charge in [-0.05, 0) is 26.3 Å². The predicted octanol–water partition coefficient (Wildman–Crippen LogP) is 1.26. The van der Waals surface area contributed by atoms with Crippen molar-refractivity contribution in [3.63, 3.8) is 0 Å². The van der Waals surface area contributed by atoms with E-state index in [2.05, 4.69) is 15.5 Å². The van der Waals surface area contributed by atoms with Crippen LogP contribution in [-0.2, 0) is 17.9 Å². The number of furan rings is 1. The van der Waals surface area contributed by atoms with Crippen molar-refractivity contribution in [2.75, 3.05) is 6.54 Å². The molecule has 1 N–H and O–H groups in total. The first-order valence-corrected chi connectivity index (χ1v) is 8.76. The van der Waals surface area contributed by atoms with Crippen LogP contribution in [0.4, 0.5) is 0 Å². The zero-order chi connectivity index (χ0) is 19.0. The minimum absolute atomic E-state index is 0.121. The van der Waals surface area contributed by atoms with Crippen LogP contribution in [0.1, 0.15) is 17.9 Å². The molecule has 1 amide bonds. The number of nitrogens with zero attached hydrogens (tertiary/aromatic N) is 5. The average molecular weight is 368 g/mol. The second-order valence-electron chi connectivity index (χ2n) is 6.47. The Labute approximate surface area is 154 Å². The van der Waals surface area contributed by atoms with E-state index < -0.39 is 0 Å². The van der Waals surface area contributed by atoms with Crippen molar-refractivity contribution in [3.05, 3.63) is 52.5 Å². The molecule has 0 aliphatic heterocycles. The minimum Gasteiger partial charge on any atom is -0.463 e. The molecule has 0 unspecified atom stereocenters. The molecule has 4 aromatic rings. The summed E-state index contributed by atoms with van der Waals surface area (Å²) in [6, 6.07) is 5.40. The van der Waals surface area contributed by atoms with Gasteiger partial charge >= 0.3 is 0 Å². The van der Waals surface area contributed by atoms with Crippen molar-refractivity contribution in [1.29, 1.82) is 0 Å². The van der Waals surface area contributed by atoms with Crippen molar-refractivity contribution in [2.45, 2.75) is 33.4 Å². The maximum atomic E-state index is 12.6. The monoisotopic (exact) mass is 368 g/mol. The van der Waals surface area contributed by atoms with Crippen LogP contribution < -0.4 is 10.9 Å². The number of aromatic nitrogens is 5. The Hall–Kier alpha value is -3.36. The number of aryl methyl sites for hydroxylation is 3. The van der Waals surface area contributed by atoms with E-state index in [1.165, 1.54) is 4.68 Å². The molecule has 0 fully saturated rings. The lowest BCUT2D eigenvalue weighted by Crippen LogP contribution is -2.35. The van der Waals surface area contributed by atoms with Crippen molar-refractivity contribution in [1.82, 2.24) is 29.3 Å². The van der Waals surface area contributed by atoms with Crippen molar-refractivity contribution in [3.8, 4) is 0 Å². The fourth-order valence-electron chi connectivity index (χ4n) is 3.18. The van der Waals surface area contributed by atoms with Crippen LogP contribution in [0.25, 0.3) is 16.6 Å². The molecule has 0 saturated heterocycles. The number of fused-ring (bicyclic) bond motifs is 3. The van der Waals surface area contributed by atoms with Gasteiger partial charge in [0.05, 0.1) is 17.5 Å². The molecule has 0 atom stereocenters. The summed E-state index contributed by atoms with van der Waals surface area (Å²) in [5, 5.41) is 11.4. The normalized spacial score (nSPS) is 11.5. The van der Waals surface area contributed by atoms with Gasteiger partial charge in [-0.3, -0.25) is 18.7 Å². The zero-order valence-electron chi connectivity index (χ0n) is 15.2. The first kappa shape index (κ1) is 17.1. The first-order valence-electron chi connectivity index (χ1n) is 8.76. The predicted molar refractivity (Wildman–Crippen MR) is 98.6 cm³/mol. The lowest BCUT2D eigenvalue weighted by Gasteiger charge is -2.09. The third-order valence-electron chi connectivity index (χ3n) is 4.42. The molecular formula is C18H20N6O3. The summed E-state index contributed by atoms with van der Waals surface area (Å²) in [6.07, 6.45) is 4.23. The molecule has 0 aromatic carbocycles. The minimum atomic E-state index is -0.325. The Morgan fingerprint density at radius 3 is 2.85 bits per heavy atom. The number of carbonyl (C=O) groups excluding carboxylic acids is 1. The lowest BCUT2D eigenvalue weighted by molar-refractivity contribution is -0.121. The summed E-state index contributed by atoms with van der Waals surface area (Å²) in [4.78, 5) is 24.8. The molecule has 0 aliphatic carbocycles. The van der Waals surface area contributed by atoms with Gasteiger partial charge in [-0.25, -0.2) is 4.68 Å². The first-order chi connectivity index (χ1) is 13.0. The van der Waals surface area contributed by atoms with Gasteiger partial charge in [0.15, 0.2) is 5.58 Å². The summed E-state index contributed by atoms with van der Waals surface area (Å²) in [5.74, 6) is 0.364. The fourth-order valence-corrected chi connectivity index (χ4v) is 3.18. The van der Waals surface area contributed by atoms with E-state index >= 15 is 0 Å². The van der Waals surface area contributed by atoms with Crippen LogP contribution >= 0.6 is 0 Å². The van der Waals surface area contributed by atoms with E-state index in [9.17, 15) is 9.59 Å². The van der Waals surface area contributed by atoms with Crippen LogP contribution in [0.5, 0.6) is 0 Å². The van der Waals surface area contributed by atoms with Gasteiger partial charge in [-0.15, -0.1) is 0 Å². The number of hydrogen-bond acceptors (Lipinski definition) is 5. The summed E-state index contributed by atoms with van der Waals surface area (Å²) < 4.78 is 10.1. The highest BCUT2D eigenvalue weighted by Crippen LogP contribution is 2.19. The Kier molecular flexibility index (Phi) is 4.27. The second kappa shape index (κ2) is 6.75. The van der Waals surface area contributed by atoms with Crippen LogP contribution in [0.3, 0.4) is 0 Å². The van der Waals surface area contributed by atoms with Crippen molar-refractivity contribution >= 4 is 22.5 Å². The van der Waals surface area contributed by atoms with E-state index in [0.717, 1.165) is 24.2 Å². The summed E-state index contributed by atoms with van der Waals surface area (Å²) in [5.41, 5.74) is 2.49. The van der Waals surface area contributed by atoms with Gasteiger partial charge in [-0.1, -0.05) is 0 Å².